The van der Waals surface area contributed by atoms with Gasteiger partial charge in [0.2, 0.25) is 0 Å². The van der Waals surface area contributed by atoms with Gasteiger partial charge in [0.25, 0.3) is 5.91 Å². The van der Waals surface area contributed by atoms with Crippen LogP contribution in [0.2, 0.25) is 0 Å². The summed E-state index contributed by atoms with van der Waals surface area (Å²) in [7, 11) is 0. The number of carbonyl (C=O) groups is 3. The van der Waals surface area contributed by atoms with Crippen LogP contribution < -0.4 is 5.32 Å². The van der Waals surface area contributed by atoms with Gasteiger partial charge in [-0.25, -0.2) is 9.59 Å². The normalized spacial score (nSPS) is 10.6. The van der Waals surface area contributed by atoms with Crippen LogP contribution in [-0.2, 0) is 9.47 Å². The molecule has 0 spiro atoms. The van der Waals surface area contributed by atoms with Crippen LogP contribution in [0.4, 0.5) is 5.00 Å². The fourth-order valence-corrected chi connectivity index (χ4v) is 3.40. The quantitative estimate of drug-likeness (QED) is 0.714. The third-order valence-electron chi connectivity index (χ3n) is 3.62. The first-order valence-corrected chi connectivity index (χ1v) is 9.50. The Kier molecular flexibility index (Phi) is 7.12. The lowest BCUT2D eigenvalue weighted by Gasteiger charge is -2.07. The molecule has 0 radical (unpaired) electrons. The minimum Gasteiger partial charge on any atom is -0.462 e. The number of carbonyl (C=O) groups excluding carboxylic acids is 3. The van der Waals surface area contributed by atoms with Crippen LogP contribution >= 0.6 is 11.3 Å². The topological polar surface area (TPSA) is 81.7 Å². The fourth-order valence-electron chi connectivity index (χ4n) is 2.32. The summed E-state index contributed by atoms with van der Waals surface area (Å²) in [6.07, 6.45) is 0. The molecule has 6 nitrogen and oxygen atoms in total. The van der Waals surface area contributed by atoms with Crippen LogP contribution in [0.25, 0.3) is 0 Å². The van der Waals surface area contributed by atoms with Crippen molar-refractivity contribution in [3.05, 3.63) is 51.9 Å². The average Bonchev–Trinajstić information content (AvgIpc) is 2.96. The van der Waals surface area contributed by atoms with Gasteiger partial charge in [0.1, 0.15) is 9.88 Å². The molecule has 0 aliphatic heterocycles. The Morgan fingerprint density at radius 2 is 1.74 bits per heavy atom. The highest BCUT2D eigenvalue weighted by molar-refractivity contribution is 7.18. The van der Waals surface area contributed by atoms with E-state index < -0.39 is 11.9 Å². The van der Waals surface area contributed by atoms with Crippen molar-refractivity contribution in [3.63, 3.8) is 0 Å². The summed E-state index contributed by atoms with van der Waals surface area (Å²) < 4.78 is 10.4. The molecule has 144 valence electrons. The molecule has 7 heteroatoms. The molecular formula is C20H23NO5S. The summed E-state index contributed by atoms with van der Waals surface area (Å²) >= 11 is 1.02. The Balaban J connectivity index is 2.36. The van der Waals surface area contributed by atoms with Gasteiger partial charge in [-0.1, -0.05) is 32.0 Å². The lowest BCUT2D eigenvalue weighted by Crippen LogP contribution is -2.15. The summed E-state index contributed by atoms with van der Waals surface area (Å²) in [6.45, 7) is 7.67. The summed E-state index contributed by atoms with van der Waals surface area (Å²) in [4.78, 5) is 37.5. The first kappa shape index (κ1) is 20.6. The van der Waals surface area contributed by atoms with Crippen molar-refractivity contribution < 1.29 is 23.9 Å². The van der Waals surface area contributed by atoms with Crippen LogP contribution in [0.3, 0.4) is 0 Å². The lowest BCUT2D eigenvalue weighted by atomic mass is 10.1. The third-order valence-corrected chi connectivity index (χ3v) is 4.81. The minimum absolute atomic E-state index is 0.183. The highest BCUT2D eigenvalue weighted by atomic mass is 32.1. The molecule has 1 aromatic heterocycles. The number of rotatable bonds is 7. The van der Waals surface area contributed by atoms with Gasteiger partial charge in [0, 0.05) is 5.56 Å². The maximum atomic E-state index is 12.5. The van der Waals surface area contributed by atoms with E-state index in [0.29, 0.717) is 11.1 Å². The number of benzene rings is 1. The van der Waals surface area contributed by atoms with Gasteiger partial charge in [-0.3, -0.25) is 4.79 Å². The van der Waals surface area contributed by atoms with E-state index in [0.717, 1.165) is 11.3 Å². The molecule has 0 aliphatic rings. The van der Waals surface area contributed by atoms with Gasteiger partial charge in [-0.05, 0) is 37.5 Å². The average molecular weight is 389 g/mol. The van der Waals surface area contributed by atoms with E-state index in [1.165, 1.54) is 0 Å². The second-order valence-corrected chi connectivity index (χ2v) is 7.31. The summed E-state index contributed by atoms with van der Waals surface area (Å²) in [5.74, 6) is -1.28. The molecule has 0 bridgehead atoms. The molecule has 0 saturated carbocycles. The van der Waals surface area contributed by atoms with E-state index in [9.17, 15) is 14.4 Å². The first-order chi connectivity index (χ1) is 12.8. The molecule has 27 heavy (non-hydrogen) atoms. The number of thiophene rings is 1. The second kappa shape index (κ2) is 9.32. The van der Waals surface area contributed by atoms with E-state index in [1.807, 2.05) is 13.8 Å². The molecule has 1 heterocycles. The molecule has 0 unspecified atom stereocenters. The Morgan fingerprint density at radius 3 is 2.33 bits per heavy atom. The van der Waals surface area contributed by atoms with Gasteiger partial charge >= 0.3 is 11.9 Å². The van der Waals surface area contributed by atoms with Crippen LogP contribution in [-0.4, -0.2) is 31.1 Å². The van der Waals surface area contributed by atoms with Crippen LogP contribution in [0.5, 0.6) is 0 Å². The summed E-state index contributed by atoms with van der Waals surface area (Å²) in [5.41, 5.74) is 1.07. The van der Waals surface area contributed by atoms with E-state index in [1.54, 1.807) is 44.2 Å². The number of anilines is 1. The summed E-state index contributed by atoms with van der Waals surface area (Å²) in [5, 5.41) is 2.99. The summed E-state index contributed by atoms with van der Waals surface area (Å²) in [6, 6.07) is 8.62. The Morgan fingerprint density at radius 1 is 1.07 bits per heavy atom. The van der Waals surface area contributed by atoms with Crippen molar-refractivity contribution in [1.29, 1.82) is 0 Å². The molecule has 0 saturated heterocycles. The number of nitrogens with one attached hydrogen (secondary N) is 1. The van der Waals surface area contributed by atoms with Gasteiger partial charge in [-0.15, -0.1) is 11.3 Å². The highest BCUT2D eigenvalue weighted by Crippen LogP contribution is 2.34. The Hall–Kier alpha value is -2.67. The number of amides is 1. The van der Waals surface area contributed by atoms with Gasteiger partial charge in [0.05, 0.1) is 18.8 Å². The number of ether oxygens (including phenoxy) is 2. The lowest BCUT2D eigenvalue weighted by molar-refractivity contribution is 0.0464. The molecule has 2 aromatic rings. The smallest absolute Gasteiger partial charge is 0.348 e. The Bertz CT molecular complexity index is 826. The van der Waals surface area contributed by atoms with Crippen molar-refractivity contribution in [1.82, 2.24) is 0 Å². The third kappa shape index (κ3) is 5.17. The van der Waals surface area contributed by atoms with Crippen molar-refractivity contribution >= 4 is 34.2 Å². The minimum atomic E-state index is -0.586. The van der Waals surface area contributed by atoms with Gasteiger partial charge in [-0.2, -0.15) is 0 Å². The fraction of sp³-hybridized carbons (Fsp3) is 0.350. The number of esters is 2. The Labute approximate surface area is 162 Å². The SMILES string of the molecule is CCOC(=O)c1c(NC(=O)c2ccccc2)sc(C(=O)OCC(C)C)c1C. The molecule has 0 atom stereocenters. The predicted octanol–water partition coefficient (Wildman–Crippen LogP) is 4.30. The van der Waals surface area contributed by atoms with E-state index >= 15 is 0 Å². The van der Waals surface area contributed by atoms with Crippen molar-refractivity contribution in [2.45, 2.75) is 27.7 Å². The molecular weight excluding hydrogens is 366 g/mol. The zero-order valence-corrected chi connectivity index (χ0v) is 16.6. The van der Waals surface area contributed by atoms with E-state index in [4.69, 9.17) is 9.47 Å². The number of hydrogen-bond acceptors (Lipinski definition) is 6. The van der Waals surface area contributed by atoms with E-state index in [2.05, 4.69) is 5.32 Å². The maximum Gasteiger partial charge on any atom is 0.348 e. The molecule has 1 N–H and O–H groups in total. The predicted molar refractivity (Wildman–Crippen MR) is 105 cm³/mol. The largest absolute Gasteiger partial charge is 0.462 e. The van der Waals surface area contributed by atoms with Crippen LogP contribution in [0.15, 0.2) is 30.3 Å². The first-order valence-electron chi connectivity index (χ1n) is 8.69. The standard InChI is InChI=1S/C20H23NO5S/c1-5-25-19(23)15-13(4)16(20(24)26-11-12(2)3)27-18(15)21-17(22)14-9-7-6-8-10-14/h6-10,12H,5,11H2,1-4H3,(H,21,22). The monoisotopic (exact) mass is 389 g/mol. The molecule has 0 fully saturated rings. The zero-order valence-electron chi connectivity index (χ0n) is 15.8. The number of hydrogen-bond donors (Lipinski definition) is 1. The van der Waals surface area contributed by atoms with E-state index in [-0.39, 0.29) is 40.5 Å². The molecule has 2 rings (SSSR count). The van der Waals surface area contributed by atoms with Gasteiger partial charge in [0.15, 0.2) is 0 Å². The van der Waals surface area contributed by atoms with Crippen molar-refractivity contribution in [3.8, 4) is 0 Å². The van der Waals surface area contributed by atoms with Crippen LogP contribution in [0, 0.1) is 12.8 Å². The highest BCUT2D eigenvalue weighted by Gasteiger charge is 2.27. The zero-order chi connectivity index (χ0) is 20.0. The van der Waals surface area contributed by atoms with Crippen molar-refractivity contribution in [2.24, 2.45) is 5.92 Å². The molecule has 1 aromatic carbocycles. The second-order valence-electron chi connectivity index (χ2n) is 6.29. The van der Waals surface area contributed by atoms with Gasteiger partial charge < -0.3 is 14.8 Å². The molecule has 1 amide bonds. The molecule has 0 aliphatic carbocycles. The van der Waals surface area contributed by atoms with Crippen LogP contribution in [0.1, 0.15) is 56.7 Å². The maximum absolute atomic E-state index is 12.5. The van der Waals surface area contributed by atoms with Crippen molar-refractivity contribution in [2.75, 3.05) is 18.5 Å².